The second-order valence-electron chi connectivity index (χ2n) is 6.21. The van der Waals surface area contributed by atoms with Crippen LogP contribution in [0.4, 0.5) is 4.79 Å². The summed E-state index contributed by atoms with van der Waals surface area (Å²) in [7, 11) is 0. The lowest BCUT2D eigenvalue weighted by Gasteiger charge is -2.33. The number of hydrogen-bond donors (Lipinski definition) is 1. The van der Waals surface area contributed by atoms with Crippen LogP contribution in [0, 0.1) is 0 Å². The fourth-order valence-electron chi connectivity index (χ4n) is 2.31. The summed E-state index contributed by atoms with van der Waals surface area (Å²) in [6.45, 7) is 6.60. The van der Waals surface area contributed by atoms with Crippen molar-refractivity contribution < 1.29 is 18.7 Å². The van der Waals surface area contributed by atoms with Crippen molar-refractivity contribution in [3.8, 4) is 0 Å². The minimum atomic E-state index is -0.525. The van der Waals surface area contributed by atoms with Gasteiger partial charge < -0.3 is 19.4 Å². The molecule has 1 aliphatic rings. The summed E-state index contributed by atoms with van der Waals surface area (Å²) in [6, 6.07) is 3.24. The summed E-state index contributed by atoms with van der Waals surface area (Å²) in [5.74, 6) is 0.184. The normalized spacial score (nSPS) is 19.2. The van der Waals surface area contributed by atoms with Crippen molar-refractivity contribution in [3.05, 3.63) is 24.2 Å². The molecule has 0 bridgehead atoms. The highest BCUT2D eigenvalue weighted by molar-refractivity contribution is 5.91. The maximum Gasteiger partial charge on any atom is 0.407 e. The first-order valence-electron chi connectivity index (χ1n) is 7.17. The standard InChI is InChI=1S/C15H22N2O4/c1-15(2,3)21-14(19)16-11-6-4-8-17(10-11)13(18)12-7-5-9-20-12/h5,7,9,11H,4,6,8,10H2,1-3H3,(H,16,19)/t11-/m0/s1. The van der Waals surface area contributed by atoms with Crippen LogP contribution in [0.5, 0.6) is 0 Å². The molecule has 1 aromatic rings. The SMILES string of the molecule is CC(C)(C)OC(=O)N[C@H]1CCCN(C(=O)c2ccco2)C1. The predicted molar refractivity (Wildman–Crippen MR) is 77.0 cm³/mol. The molecule has 1 aliphatic heterocycles. The average molecular weight is 294 g/mol. The van der Waals surface area contributed by atoms with Crippen molar-refractivity contribution in [1.29, 1.82) is 0 Å². The quantitative estimate of drug-likeness (QED) is 0.909. The number of nitrogens with zero attached hydrogens (tertiary/aromatic N) is 1. The number of ether oxygens (including phenoxy) is 1. The zero-order valence-electron chi connectivity index (χ0n) is 12.7. The van der Waals surface area contributed by atoms with Crippen LogP contribution in [0.15, 0.2) is 22.8 Å². The fourth-order valence-corrected chi connectivity index (χ4v) is 2.31. The van der Waals surface area contributed by atoms with Crippen LogP contribution in [-0.2, 0) is 4.74 Å². The van der Waals surface area contributed by atoms with Crippen LogP contribution in [0.1, 0.15) is 44.2 Å². The Hall–Kier alpha value is -1.98. The first-order valence-corrected chi connectivity index (χ1v) is 7.17. The molecule has 2 rings (SSSR count). The lowest BCUT2D eigenvalue weighted by Crippen LogP contribution is -2.50. The summed E-state index contributed by atoms with van der Waals surface area (Å²) >= 11 is 0. The van der Waals surface area contributed by atoms with E-state index in [1.165, 1.54) is 6.26 Å². The smallest absolute Gasteiger partial charge is 0.407 e. The van der Waals surface area contributed by atoms with Gasteiger partial charge in [-0.15, -0.1) is 0 Å². The van der Waals surface area contributed by atoms with Gasteiger partial charge in [-0.05, 0) is 45.7 Å². The average Bonchev–Trinajstić information content (AvgIpc) is 2.89. The summed E-state index contributed by atoms with van der Waals surface area (Å²) in [5.41, 5.74) is -0.525. The molecule has 1 aromatic heterocycles. The molecule has 0 unspecified atom stereocenters. The third-order valence-corrected chi connectivity index (χ3v) is 3.16. The van der Waals surface area contributed by atoms with Crippen LogP contribution in [0.25, 0.3) is 0 Å². The van der Waals surface area contributed by atoms with Gasteiger partial charge in [-0.2, -0.15) is 0 Å². The highest BCUT2D eigenvalue weighted by Crippen LogP contribution is 2.15. The van der Waals surface area contributed by atoms with E-state index in [1.807, 2.05) is 20.8 Å². The molecule has 116 valence electrons. The number of rotatable bonds is 2. The molecule has 0 aromatic carbocycles. The maximum atomic E-state index is 12.2. The van der Waals surface area contributed by atoms with E-state index in [-0.39, 0.29) is 11.9 Å². The number of nitrogens with one attached hydrogen (secondary N) is 1. The van der Waals surface area contributed by atoms with Gasteiger partial charge in [-0.3, -0.25) is 4.79 Å². The number of amides is 2. The highest BCUT2D eigenvalue weighted by Gasteiger charge is 2.28. The van der Waals surface area contributed by atoms with E-state index in [0.29, 0.717) is 18.8 Å². The molecular formula is C15H22N2O4. The lowest BCUT2D eigenvalue weighted by molar-refractivity contribution is 0.0447. The molecule has 0 radical (unpaired) electrons. The van der Waals surface area contributed by atoms with Crippen molar-refractivity contribution in [2.24, 2.45) is 0 Å². The Balaban J connectivity index is 1.89. The largest absolute Gasteiger partial charge is 0.459 e. The summed E-state index contributed by atoms with van der Waals surface area (Å²) in [4.78, 5) is 25.7. The molecule has 2 amide bonds. The summed E-state index contributed by atoms with van der Waals surface area (Å²) < 4.78 is 10.4. The van der Waals surface area contributed by atoms with Gasteiger partial charge >= 0.3 is 6.09 Å². The number of likely N-dealkylation sites (tertiary alicyclic amines) is 1. The van der Waals surface area contributed by atoms with Gasteiger partial charge in [-0.25, -0.2) is 4.79 Å². The van der Waals surface area contributed by atoms with Gasteiger partial charge in [0.25, 0.3) is 5.91 Å². The lowest BCUT2D eigenvalue weighted by atomic mass is 10.1. The molecule has 6 nitrogen and oxygen atoms in total. The van der Waals surface area contributed by atoms with Crippen molar-refractivity contribution in [2.45, 2.75) is 45.3 Å². The maximum absolute atomic E-state index is 12.2. The van der Waals surface area contributed by atoms with Crippen LogP contribution >= 0.6 is 0 Å². The Labute approximate surface area is 124 Å². The van der Waals surface area contributed by atoms with Crippen molar-refractivity contribution in [2.75, 3.05) is 13.1 Å². The Bertz CT molecular complexity index is 490. The van der Waals surface area contributed by atoms with Gasteiger partial charge in [0.05, 0.1) is 6.26 Å². The zero-order chi connectivity index (χ0) is 15.5. The van der Waals surface area contributed by atoms with Crippen LogP contribution in [0.2, 0.25) is 0 Å². The third kappa shape index (κ3) is 4.51. The van der Waals surface area contributed by atoms with Crippen molar-refractivity contribution in [1.82, 2.24) is 10.2 Å². The summed E-state index contributed by atoms with van der Waals surface area (Å²) in [5, 5.41) is 2.82. The van der Waals surface area contributed by atoms with Gasteiger partial charge in [0.1, 0.15) is 5.60 Å². The van der Waals surface area contributed by atoms with Gasteiger partial charge in [0.2, 0.25) is 0 Å². The topological polar surface area (TPSA) is 71.8 Å². The van der Waals surface area contributed by atoms with E-state index in [4.69, 9.17) is 9.15 Å². The third-order valence-electron chi connectivity index (χ3n) is 3.16. The number of piperidine rings is 1. The second-order valence-corrected chi connectivity index (χ2v) is 6.21. The molecule has 1 N–H and O–H groups in total. The minimum Gasteiger partial charge on any atom is -0.459 e. The van der Waals surface area contributed by atoms with Gasteiger partial charge in [-0.1, -0.05) is 0 Å². The molecule has 1 saturated heterocycles. The molecular weight excluding hydrogens is 272 g/mol. The molecule has 1 fully saturated rings. The molecule has 6 heteroatoms. The number of alkyl carbamates (subject to hydrolysis) is 1. The minimum absolute atomic E-state index is 0.0903. The second kappa shape index (κ2) is 6.20. The Morgan fingerprint density at radius 1 is 1.43 bits per heavy atom. The zero-order valence-corrected chi connectivity index (χ0v) is 12.7. The van der Waals surface area contributed by atoms with E-state index >= 15 is 0 Å². The number of carbonyl (C=O) groups is 2. The first-order chi connectivity index (χ1) is 9.85. The predicted octanol–water partition coefficient (Wildman–Crippen LogP) is 2.41. The molecule has 2 heterocycles. The van der Waals surface area contributed by atoms with E-state index in [9.17, 15) is 9.59 Å². The Morgan fingerprint density at radius 2 is 2.19 bits per heavy atom. The summed E-state index contributed by atoms with van der Waals surface area (Å²) in [6.07, 6.45) is 2.71. The van der Waals surface area contributed by atoms with Crippen LogP contribution in [0.3, 0.4) is 0 Å². The van der Waals surface area contributed by atoms with Crippen molar-refractivity contribution in [3.63, 3.8) is 0 Å². The first kappa shape index (κ1) is 15.4. The fraction of sp³-hybridized carbons (Fsp3) is 0.600. The monoisotopic (exact) mass is 294 g/mol. The number of furan rings is 1. The van der Waals surface area contributed by atoms with Crippen molar-refractivity contribution >= 4 is 12.0 Å². The Morgan fingerprint density at radius 3 is 2.81 bits per heavy atom. The van der Waals surface area contributed by atoms with E-state index in [0.717, 1.165) is 12.8 Å². The molecule has 0 saturated carbocycles. The number of carbonyl (C=O) groups excluding carboxylic acids is 2. The Kier molecular flexibility index (Phi) is 4.55. The van der Waals surface area contributed by atoms with E-state index < -0.39 is 11.7 Å². The van der Waals surface area contributed by atoms with E-state index in [2.05, 4.69) is 5.32 Å². The van der Waals surface area contributed by atoms with Gasteiger partial charge in [0.15, 0.2) is 5.76 Å². The molecule has 21 heavy (non-hydrogen) atoms. The molecule has 0 spiro atoms. The number of hydrogen-bond acceptors (Lipinski definition) is 4. The van der Waals surface area contributed by atoms with Gasteiger partial charge in [0, 0.05) is 19.1 Å². The molecule has 0 aliphatic carbocycles. The molecule has 1 atom stereocenters. The van der Waals surface area contributed by atoms with Crippen LogP contribution in [-0.4, -0.2) is 41.6 Å². The van der Waals surface area contributed by atoms with Crippen LogP contribution < -0.4 is 5.32 Å². The van der Waals surface area contributed by atoms with E-state index in [1.54, 1.807) is 17.0 Å². The highest BCUT2D eigenvalue weighted by atomic mass is 16.6.